The molecule has 3 rings (SSSR count). The number of esters is 1. The molecule has 0 radical (unpaired) electrons. The number of nitrogens with one attached hydrogen (secondary N) is 2. The number of aromatic amines is 1. The molecule has 0 aliphatic rings. The number of anilines is 1. The smallest absolute Gasteiger partial charge is 0.329 e. The molecule has 0 saturated carbocycles. The minimum atomic E-state index is -0.935. The third kappa shape index (κ3) is 4.54. The summed E-state index contributed by atoms with van der Waals surface area (Å²) < 4.78 is 15.2. The Labute approximate surface area is 175 Å². The fourth-order valence-electron chi connectivity index (χ4n) is 2.62. The summed E-state index contributed by atoms with van der Waals surface area (Å²) in [5.74, 6) is 0.0171. The molecule has 0 fully saturated rings. The van der Waals surface area contributed by atoms with E-state index in [2.05, 4.69) is 25.3 Å². The van der Waals surface area contributed by atoms with Gasteiger partial charge in [-0.1, -0.05) is 0 Å². The lowest BCUT2D eigenvalue weighted by Crippen LogP contribution is -2.43. The largest absolute Gasteiger partial charge is 0.493 e. The molecule has 0 aliphatic carbocycles. The Kier molecular flexibility index (Phi) is 6.57. The van der Waals surface area contributed by atoms with Gasteiger partial charge in [-0.15, -0.1) is 11.8 Å². The molecule has 0 aliphatic heterocycles. The zero-order chi connectivity index (χ0) is 21.7. The third-order valence-electron chi connectivity index (χ3n) is 4.09. The Bertz CT molecular complexity index is 1070. The van der Waals surface area contributed by atoms with E-state index in [9.17, 15) is 9.59 Å². The number of methoxy groups -OCH3 is 3. The molecular formula is C18H20N6O5S. The van der Waals surface area contributed by atoms with E-state index in [1.165, 1.54) is 45.5 Å². The minimum absolute atomic E-state index is 0.0566. The SMILES string of the molecule is COC(=O)[C@H](CSc1nc(N)nc2nc[nH]c12)NC(=O)c1ccc(OC)c(OC)c1. The molecule has 11 nitrogen and oxygen atoms in total. The van der Waals surface area contributed by atoms with E-state index < -0.39 is 17.9 Å². The average Bonchev–Trinajstić information content (AvgIpc) is 3.23. The Morgan fingerprint density at radius 1 is 1.20 bits per heavy atom. The number of carbonyl (C=O) groups excluding carboxylic acids is 2. The third-order valence-corrected chi connectivity index (χ3v) is 5.16. The van der Waals surface area contributed by atoms with E-state index in [0.29, 0.717) is 33.3 Å². The number of imidazole rings is 1. The summed E-state index contributed by atoms with van der Waals surface area (Å²) in [5.41, 5.74) is 7.01. The first kappa shape index (κ1) is 21.2. The number of hydrogen-bond acceptors (Lipinski definition) is 10. The molecule has 1 atom stereocenters. The maximum atomic E-state index is 12.7. The summed E-state index contributed by atoms with van der Waals surface area (Å²) in [6.45, 7) is 0. The molecule has 0 spiro atoms. The number of hydrogen-bond donors (Lipinski definition) is 3. The molecule has 158 valence electrons. The highest BCUT2D eigenvalue weighted by molar-refractivity contribution is 7.99. The lowest BCUT2D eigenvalue weighted by Gasteiger charge is -2.17. The number of benzene rings is 1. The molecule has 1 aromatic carbocycles. The second-order valence-electron chi connectivity index (χ2n) is 5.92. The highest BCUT2D eigenvalue weighted by Gasteiger charge is 2.24. The van der Waals surface area contributed by atoms with Crippen LogP contribution >= 0.6 is 11.8 Å². The van der Waals surface area contributed by atoms with Crippen LogP contribution in [-0.4, -0.2) is 64.9 Å². The predicted molar refractivity (Wildman–Crippen MR) is 110 cm³/mol. The number of nitrogens with zero attached hydrogens (tertiary/aromatic N) is 3. The fraction of sp³-hybridized carbons (Fsp3) is 0.278. The number of nitrogen functional groups attached to an aromatic ring is 1. The summed E-state index contributed by atoms with van der Waals surface area (Å²) >= 11 is 1.21. The van der Waals surface area contributed by atoms with Crippen molar-refractivity contribution in [3.8, 4) is 11.5 Å². The first-order chi connectivity index (χ1) is 14.5. The van der Waals surface area contributed by atoms with E-state index in [0.717, 1.165) is 0 Å². The van der Waals surface area contributed by atoms with Crippen LogP contribution < -0.4 is 20.5 Å². The van der Waals surface area contributed by atoms with Crippen LogP contribution in [0.1, 0.15) is 10.4 Å². The average molecular weight is 432 g/mol. The van der Waals surface area contributed by atoms with Crippen LogP contribution in [-0.2, 0) is 9.53 Å². The van der Waals surface area contributed by atoms with E-state index in [1.807, 2.05) is 0 Å². The normalized spacial score (nSPS) is 11.7. The maximum absolute atomic E-state index is 12.7. The van der Waals surface area contributed by atoms with Crippen LogP contribution in [0, 0.1) is 0 Å². The number of ether oxygens (including phenoxy) is 3. The summed E-state index contributed by atoms with van der Waals surface area (Å²) in [4.78, 5) is 40.1. The topological polar surface area (TPSA) is 154 Å². The highest BCUT2D eigenvalue weighted by Crippen LogP contribution is 2.28. The van der Waals surface area contributed by atoms with Crippen molar-refractivity contribution >= 4 is 40.8 Å². The second-order valence-corrected chi connectivity index (χ2v) is 6.93. The van der Waals surface area contributed by atoms with Gasteiger partial charge in [0.05, 0.1) is 27.7 Å². The molecule has 0 unspecified atom stereocenters. The van der Waals surface area contributed by atoms with Gasteiger partial charge in [-0.3, -0.25) is 4.79 Å². The van der Waals surface area contributed by atoms with Gasteiger partial charge in [0, 0.05) is 11.3 Å². The Balaban J connectivity index is 1.77. The second kappa shape index (κ2) is 9.31. The Hall–Kier alpha value is -3.54. The Morgan fingerprint density at radius 2 is 1.97 bits per heavy atom. The molecule has 4 N–H and O–H groups in total. The van der Waals surface area contributed by atoms with Crippen molar-refractivity contribution in [3.63, 3.8) is 0 Å². The Morgan fingerprint density at radius 3 is 2.67 bits per heavy atom. The van der Waals surface area contributed by atoms with Crippen molar-refractivity contribution in [2.24, 2.45) is 0 Å². The molecule has 30 heavy (non-hydrogen) atoms. The van der Waals surface area contributed by atoms with Crippen molar-refractivity contribution in [2.75, 3.05) is 32.8 Å². The lowest BCUT2D eigenvalue weighted by molar-refractivity contribution is -0.142. The van der Waals surface area contributed by atoms with Crippen LogP contribution in [0.15, 0.2) is 29.6 Å². The van der Waals surface area contributed by atoms with Crippen molar-refractivity contribution < 1.29 is 23.8 Å². The minimum Gasteiger partial charge on any atom is -0.493 e. The van der Waals surface area contributed by atoms with E-state index >= 15 is 0 Å². The fourth-order valence-corrected chi connectivity index (χ4v) is 3.62. The van der Waals surface area contributed by atoms with Crippen LogP contribution in [0.4, 0.5) is 5.95 Å². The monoisotopic (exact) mass is 432 g/mol. The number of aromatic nitrogens is 4. The van der Waals surface area contributed by atoms with Gasteiger partial charge in [0.2, 0.25) is 5.95 Å². The first-order valence-electron chi connectivity index (χ1n) is 8.67. The predicted octanol–water partition coefficient (Wildman–Crippen LogP) is 1.02. The molecule has 1 amide bonds. The number of carbonyl (C=O) groups is 2. The molecule has 0 bridgehead atoms. The number of nitrogens with two attached hydrogens (primary N) is 1. The van der Waals surface area contributed by atoms with Crippen LogP contribution in [0.3, 0.4) is 0 Å². The van der Waals surface area contributed by atoms with Gasteiger partial charge >= 0.3 is 5.97 Å². The number of rotatable bonds is 8. The first-order valence-corrected chi connectivity index (χ1v) is 9.65. The lowest BCUT2D eigenvalue weighted by atomic mass is 10.1. The van der Waals surface area contributed by atoms with E-state index in [1.54, 1.807) is 12.1 Å². The number of amides is 1. The van der Waals surface area contributed by atoms with Gasteiger partial charge in [0.15, 0.2) is 17.1 Å². The standard InChI is InChI=1S/C18H20N6O5S/c1-27-11-5-4-9(6-12(11)28-2)15(25)22-10(17(26)29-3)7-30-16-13-14(21-8-20-13)23-18(19)24-16/h4-6,8,10H,7H2,1-3H3,(H,22,25)(H3,19,20,21,23,24)/t10-/m0/s1. The molecule has 0 saturated heterocycles. The summed E-state index contributed by atoms with van der Waals surface area (Å²) in [7, 11) is 4.22. The van der Waals surface area contributed by atoms with Crippen molar-refractivity contribution in [1.29, 1.82) is 0 Å². The summed E-state index contributed by atoms with van der Waals surface area (Å²) in [6, 6.07) is 3.76. The van der Waals surface area contributed by atoms with Crippen LogP contribution in [0.5, 0.6) is 11.5 Å². The number of thioether (sulfide) groups is 1. The molecular weight excluding hydrogens is 412 g/mol. The van der Waals surface area contributed by atoms with Crippen molar-refractivity contribution in [3.05, 3.63) is 30.1 Å². The van der Waals surface area contributed by atoms with Gasteiger partial charge in [0.25, 0.3) is 5.91 Å². The van der Waals surface area contributed by atoms with Gasteiger partial charge in [-0.25, -0.2) is 14.8 Å². The van der Waals surface area contributed by atoms with E-state index in [4.69, 9.17) is 19.9 Å². The van der Waals surface area contributed by atoms with Gasteiger partial charge in [-0.05, 0) is 18.2 Å². The van der Waals surface area contributed by atoms with Crippen LogP contribution in [0.25, 0.3) is 11.2 Å². The molecule has 2 heterocycles. The quantitative estimate of drug-likeness (QED) is 0.267. The zero-order valence-corrected chi connectivity index (χ0v) is 17.3. The molecule has 3 aromatic rings. The van der Waals surface area contributed by atoms with E-state index in [-0.39, 0.29) is 11.7 Å². The van der Waals surface area contributed by atoms with Crippen molar-refractivity contribution in [1.82, 2.24) is 25.3 Å². The molecule has 12 heteroatoms. The highest BCUT2D eigenvalue weighted by atomic mass is 32.2. The van der Waals surface area contributed by atoms with Gasteiger partial charge in [0.1, 0.15) is 16.6 Å². The van der Waals surface area contributed by atoms with Crippen molar-refractivity contribution in [2.45, 2.75) is 11.1 Å². The maximum Gasteiger partial charge on any atom is 0.329 e. The summed E-state index contributed by atoms with van der Waals surface area (Å²) in [6.07, 6.45) is 1.47. The van der Waals surface area contributed by atoms with Gasteiger partial charge < -0.3 is 30.2 Å². The number of H-pyrrole nitrogens is 1. The van der Waals surface area contributed by atoms with Gasteiger partial charge in [-0.2, -0.15) is 4.98 Å². The van der Waals surface area contributed by atoms with Crippen LogP contribution in [0.2, 0.25) is 0 Å². The zero-order valence-electron chi connectivity index (χ0n) is 16.5. The summed E-state index contributed by atoms with van der Waals surface area (Å²) in [5, 5.41) is 3.17. The molecule has 2 aromatic heterocycles. The number of fused-ring (bicyclic) bond motifs is 1.